The maximum Gasteiger partial charge on any atom is 0.0462 e. The van der Waals surface area contributed by atoms with Crippen LogP contribution < -0.4 is 0 Å². The molecule has 0 aromatic carbocycles. The van der Waals surface area contributed by atoms with Crippen LogP contribution in [-0.2, 0) is 0 Å². The molecule has 1 N–H and O–H groups in total. The molecular weight excluding hydrogens is 136 g/mol. The molecule has 1 nitrogen and oxygen atoms in total. The average Bonchev–Trinajstić information content (AvgIpc) is 2.77. The van der Waals surface area contributed by atoms with E-state index in [-0.39, 0.29) is 0 Å². The van der Waals surface area contributed by atoms with Gasteiger partial charge < -0.3 is 5.11 Å². The van der Waals surface area contributed by atoms with Crippen LogP contribution in [0.1, 0.15) is 45.4 Å². The molecule has 0 bridgehead atoms. The lowest BCUT2D eigenvalue weighted by Gasteiger charge is -1.97. The van der Waals surface area contributed by atoms with Crippen LogP contribution in [0.5, 0.6) is 0 Å². The largest absolute Gasteiger partial charge is 0.396 e. The summed E-state index contributed by atoms with van der Waals surface area (Å²) in [5.74, 6) is 1.56. The van der Waals surface area contributed by atoms with Crippen molar-refractivity contribution < 1.29 is 5.11 Å². The predicted octanol–water partition coefficient (Wildman–Crippen LogP) is 2.59. The van der Waals surface area contributed by atoms with Gasteiger partial charge in [-0.15, -0.1) is 0 Å². The van der Waals surface area contributed by atoms with E-state index in [4.69, 9.17) is 5.11 Å². The summed E-state index contributed by atoms with van der Waals surface area (Å²) in [5, 5.41) is 8.78. The van der Waals surface area contributed by atoms with Gasteiger partial charge in [0.15, 0.2) is 0 Å². The second-order valence-electron chi connectivity index (χ2n) is 3.79. The molecule has 1 aliphatic rings. The highest BCUT2D eigenvalue weighted by molar-refractivity contribution is 4.84. The van der Waals surface area contributed by atoms with E-state index in [1.54, 1.807) is 0 Å². The molecule has 0 unspecified atom stereocenters. The van der Waals surface area contributed by atoms with Gasteiger partial charge in [-0.3, -0.25) is 0 Å². The van der Waals surface area contributed by atoms with E-state index in [1.165, 1.54) is 38.5 Å². The van der Waals surface area contributed by atoms with Crippen LogP contribution >= 0.6 is 0 Å². The maximum absolute atomic E-state index is 8.78. The standard InChI is InChI=1S/C10H20O/c1-2-3-4-5-6-9-7-10(9)8-11/h9-11H,2-8H2,1H3/t9-,10+/m1/s1. The van der Waals surface area contributed by atoms with Crippen molar-refractivity contribution in [2.75, 3.05) is 6.61 Å². The van der Waals surface area contributed by atoms with Crippen LogP contribution in [0.2, 0.25) is 0 Å². The van der Waals surface area contributed by atoms with E-state index in [0.717, 1.165) is 5.92 Å². The van der Waals surface area contributed by atoms with Gasteiger partial charge in [0.25, 0.3) is 0 Å². The van der Waals surface area contributed by atoms with Crippen molar-refractivity contribution >= 4 is 0 Å². The molecule has 0 spiro atoms. The number of hydrogen-bond donors (Lipinski definition) is 1. The van der Waals surface area contributed by atoms with Gasteiger partial charge in [0.1, 0.15) is 0 Å². The van der Waals surface area contributed by atoms with Crippen LogP contribution in [0, 0.1) is 11.8 Å². The van der Waals surface area contributed by atoms with Gasteiger partial charge in [-0.25, -0.2) is 0 Å². The van der Waals surface area contributed by atoms with E-state index in [9.17, 15) is 0 Å². The number of aliphatic hydroxyl groups excluding tert-OH is 1. The monoisotopic (exact) mass is 156 g/mol. The first kappa shape index (κ1) is 9.05. The van der Waals surface area contributed by atoms with Crippen LogP contribution in [-0.4, -0.2) is 11.7 Å². The first-order valence-corrected chi connectivity index (χ1v) is 4.99. The summed E-state index contributed by atoms with van der Waals surface area (Å²) in [5.41, 5.74) is 0. The Balaban J connectivity index is 1.82. The Morgan fingerprint density at radius 3 is 2.55 bits per heavy atom. The predicted molar refractivity (Wildman–Crippen MR) is 47.4 cm³/mol. The van der Waals surface area contributed by atoms with Gasteiger partial charge in [-0.1, -0.05) is 39.0 Å². The Kier molecular flexibility index (Phi) is 3.92. The fourth-order valence-corrected chi connectivity index (χ4v) is 1.72. The molecule has 1 saturated carbocycles. The van der Waals surface area contributed by atoms with E-state index in [2.05, 4.69) is 6.92 Å². The average molecular weight is 156 g/mol. The first-order valence-electron chi connectivity index (χ1n) is 4.99. The number of rotatable bonds is 6. The van der Waals surface area contributed by atoms with Gasteiger partial charge in [0.2, 0.25) is 0 Å². The molecule has 11 heavy (non-hydrogen) atoms. The van der Waals surface area contributed by atoms with Crippen LogP contribution in [0.3, 0.4) is 0 Å². The van der Waals surface area contributed by atoms with Gasteiger partial charge in [0, 0.05) is 6.61 Å². The third-order valence-electron chi connectivity index (χ3n) is 2.73. The van der Waals surface area contributed by atoms with E-state index in [1.807, 2.05) is 0 Å². The summed E-state index contributed by atoms with van der Waals surface area (Å²) in [6.45, 7) is 2.67. The molecule has 1 rings (SSSR count). The van der Waals surface area contributed by atoms with Crippen molar-refractivity contribution in [2.45, 2.75) is 45.4 Å². The smallest absolute Gasteiger partial charge is 0.0462 e. The number of unbranched alkanes of at least 4 members (excludes halogenated alkanes) is 3. The molecule has 1 fully saturated rings. The van der Waals surface area contributed by atoms with Crippen molar-refractivity contribution in [3.8, 4) is 0 Å². The molecule has 1 aliphatic carbocycles. The molecule has 0 aromatic rings. The molecule has 66 valence electrons. The molecule has 0 saturated heterocycles. The van der Waals surface area contributed by atoms with Crippen molar-refractivity contribution in [1.82, 2.24) is 0 Å². The van der Waals surface area contributed by atoms with E-state index < -0.39 is 0 Å². The molecule has 0 heterocycles. The van der Waals surface area contributed by atoms with Crippen molar-refractivity contribution in [3.05, 3.63) is 0 Å². The van der Waals surface area contributed by atoms with Crippen molar-refractivity contribution in [1.29, 1.82) is 0 Å². The summed E-state index contributed by atoms with van der Waals surface area (Å²) < 4.78 is 0. The van der Waals surface area contributed by atoms with Crippen LogP contribution in [0.15, 0.2) is 0 Å². The van der Waals surface area contributed by atoms with Gasteiger partial charge >= 0.3 is 0 Å². The zero-order valence-corrected chi connectivity index (χ0v) is 7.55. The zero-order chi connectivity index (χ0) is 8.10. The van der Waals surface area contributed by atoms with E-state index in [0.29, 0.717) is 12.5 Å². The minimum Gasteiger partial charge on any atom is -0.396 e. The van der Waals surface area contributed by atoms with E-state index >= 15 is 0 Å². The Morgan fingerprint density at radius 2 is 2.00 bits per heavy atom. The fourth-order valence-electron chi connectivity index (χ4n) is 1.72. The third kappa shape index (κ3) is 3.24. The molecule has 1 heteroatoms. The minimum absolute atomic E-state index is 0.429. The molecular formula is C10H20O. The Bertz CT molecular complexity index is 101. The molecule has 0 amide bonds. The third-order valence-corrected chi connectivity index (χ3v) is 2.73. The highest BCUT2D eigenvalue weighted by Crippen LogP contribution is 2.41. The topological polar surface area (TPSA) is 20.2 Å². The second-order valence-corrected chi connectivity index (χ2v) is 3.79. The minimum atomic E-state index is 0.429. The van der Waals surface area contributed by atoms with Crippen molar-refractivity contribution in [3.63, 3.8) is 0 Å². The fraction of sp³-hybridized carbons (Fsp3) is 1.00. The second kappa shape index (κ2) is 4.76. The maximum atomic E-state index is 8.78. The highest BCUT2D eigenvalue weighted by Gasteiger charge is 2.34. The number of aliphatic hydroxyl groups is 1. The van der Waals surface area contributed by atoms with Gasteiger partial charge in [0.05, 0.1) is 0 Å². The summed E-state index contributed by atoms with van der Waals surface area (Å²) in [7, 11) is 0. The first-order chi connectivity index (χ1) is 5.38. The lowest BCUT2D eigenvalue weighted by molar-refractivity contribution is 0.267. The zero-order valence-electron chi connectivity index (χ0n) is 7.55. The lowest BCUT2D eigenvalue weighted by Crippen LogP contribution is -1.88. The van der Waals surface area contributed by atoms with Gasteiger partial charge in [-0.05, 0) is 18.3 Å². The van der Waals surface area contributed by atoms with Crippen LogP contribution in [0.4, 0.5) is 0 Å². The molecule has 0 radical (unpaired) electrons. The highest BCUT2D eigenvalue weighted by atomic mass is 16.3. The quantitative estimate of drug-likeness (QED) is 0.586. The Labute approximate surface area is 69.8 Å². The Morgan fingerprint density at radius 1 is 1.18 bits per heavy atom. The summed E-state index contributed by atoms with van der Waals surface area (Å²) in [6, 6.07) is 0. The molecule has 0 aliphatic heterocycles. The number of hydrogen-bond acceptors (Lipinski definition) is 1. The molecule has 0 aromatic heterocycles. The Hall–Kier alpha value is -0.0400. The normalized spacial score (nSPS) is 28.9. The SMILES string of the molecule is CCCCCC[C@@H]1C[C@H]1CO. The van der Waals surface area contributed by atoms with Gasteiger partial charge in [-0.2, -0.15) is 0 Å². The summed E-state index contributed by atoms with van der Waals surface area (Å²) in [4.78, 5) is 0. The summed E-state index contributed by atoms with van der Waals surface area (Å²) in [6.07, 6.45) is 8.15. The van der Waals surface area contributed by atoms with Crippen molar-refractivity contribution in [2.24, 2.45) is 11.8 Å². The lowest BCUT2D eigenvalue weighted by atomic mass is 10.1. The molecule has 2 atom stereocenters. The van der Waals surface area contributed by atoms with Crippen LogP contribution in [0.25, 0.3) is 0 Å². The summed E-state index contributed by atoms with van der Waals surface area (Å²) >= 11 is 0.